The fraction of sp³-hybridized carbons (Fsp3) is 0.613. The molecule has 2 aliphatic rings. The fourth-order valence-corrected chi connectivity index (χ4v) is 5.96. The highest BCUT2D eigenvalue weighted by atomic mass is 15.2. The van der Waals surface area contributed by atoms with Crippen molar-refractivity contribution in [3.8, 4) is 0 Å². The average molecular weight is 479 g/mol. The fourth-order valence-electron chi connectivity index (χ4n) is 5.96. The second-order valence-electron chi connectivity index (χ2n) is 11.8. The summed E-state index contributed by atoms with van der Waals surface area (Å²) in [5.74, 6) is 1.02. The van der Waals surface area contributed by atoms with Crippen LogP contribution in [0.4, 0.5) is 0 Å². The molecule has 1 aliphatic carbocycles. The first-order valence-electron chi connectivity index (χ1n) is 13.4. The first-order chi connectivity index (χ1) is 16.6. The highest BCUT2D eigenvalue weighted by molar-refractivity contribution is 5.23. The number of benzene rings is 1. The maximum atomic E-state index is 4.62. The van der Waals surface area contributed by atoms with Crippen LogP contribution < -0.4 is 0 Å². The van der Waals surface area contributed by atoms with Crippen LogP contribution in [-0.2, 0) is 13.1 Å². The van der Waals surface area contributed by atoms with Crippen molar-refractivity contribution in [3.05, 3.63) is 72.4 Å². The van der Waals surface area contributed by atoms with E-state index >= 15 is 0 Å². The molecule has 0 radical (unpaired) electrons. The Morgan fingerprint density at radius 1 is 0.800 bits per heavy atom. The number of nitrogens with zero attached hydrogens (tertiary/aromatic N) is 4. The van der Waals surface area contributed by atoms with Crippen LogP contribution in [0.2, 0.25) is 0 Å². The Balaban J connectivity index is 1.78. The molecule has 3 rings (SSSR count). The summed E-state index contributed by atoms with van der Waals surface area (Å²) in [6.45, 7) is 23.9. The van der Waals surface area contributed by atoms with Crippen molar-refractivity contribution in [2.75, 3.05) is 67.5 Å². The molecule has 1 aliphatic heterocycles. The van der Waals surface area contributed by atoms with Gasteiger partial charge >= 0.3 is 0 Å². The monoisotopic (exact) mass is 478 g/mol. The van der Waals surface area contributed by atoms with Crippen LogP contribution in [-0.4, -0.2) is 87.1 Å². The van der Waals surface area contributed by atoms with E-state index in [0.717, 1.165) is 58.8 Å². The Morgan fingerprint density at radius 2 is 1.29 bits per heavy atom. The van der Waals surface area contributed by atoms with Crippen LogP contribution in [0.1, 0.15) is 37.3 Å². The summed E-state index contributed by atoms with van der Waals surface area (Å²) in [4.78, 5) is 9.76. The molecule has 3 atom stereocenters. The molecular weight excluding hydrogens is 428 g/mol. The molecule has 4 bridgehead atoms. The lowest BCUT2D eigenvalue weighted by Crippen LogP contribution is -2.39. The molecule has 1 saturated carbocycles. The van der Waals surface area contributed by atoms with E-state index in [1.165, 1.54) is 35.1 Å². The molecule has 0 aromatic heterocycles. The molecule has 194 valence electrons. The van der Waals surface area contributed by atoms with Crippen LogP contribution in [0.5, 0.6) is 0 Å². The van der Waals surface area contributed by atoms with Gasteiger partial charge in [0.2, 0.25) is 0 Å². The Bertz CT molecular complexity index is 876. The summed E-state index contributed by atoms with van der Waals surface area (Å²) < 4.78 is 0. The highest BCUT2D eigenvalue weighted by Crippen LogP contribution is 2.49. The molecule has 4 nitrogen and oxygen atoms in total. The van der Waals surface area contributed by atoms with Gasteiger partial charge in [0.05, 0.1) is 0 Å². The quantitative estimate of drug-likeness (QED) is 0.518. The van der Waals surface area contributed by atoms with E-state index < -0.39 is 0 Å². The summed E-state index contributed by atoms with van der Waals surface area (Å²) in [5.41, 5.74) is 5.65. The summed E-state index contributed by atoms with van der Waals surface area (Å²) in [7, 11) is 8.94. The molecule has 0 saturated heterocycles. The van der Waals surface area contributed by atoms with Crippen LogP contribution in [0.3, 0.4) is 0 Å². The third kappa shape index (κ3) is 7.88. The van der Waals surface area contributed by atoms with Gasteiger partial charge < -0.3 is 19.6 Å². The topological polar surface area (TPSA) is 13.0 Å². The van der Waals surface area contributed by atoms with Gasteiger partial charge in [0.15, 0.2) is 0 Å². The predicted molar refractivity (Wildman–Crippen MR) is 152 cm³/mol. The lowest BCUT2D eigenvalue weighted by atomic mass is 9.61. The van der Waals surface area contributed by atoms with Crippen molar-refractivity contribution in [1.82, 2.24) is 19.6 Å². The number of hydrogen-bond donors (Lipinski definition) is 0. The highest BCUT2D eigenvalue weighted by Gasteiger charge is 2.40. The summed E-state index contributed by atoms with van der Waals surface area (Å²) in [5, 5.41) is 0. The average Bonchev–Trinajstić information content (AvgIpc) is 2.81. The maximum Gasteiger partial charge on any atom is 0.0231 e. The van der Waals surface area contributed by atoms with Crippen LogP contribution in [0.15, 0.2) is 61.2 Å². The zero-order chi connectivity index (χ0) is 25.6. The normalized spacial score (nSPS) is 30.2. The van der Waals surface area contributed by atoms with E-state index in [-0.39, 0.29) is 5.41 Å². The molecule has 0 unspecified atom stereocenters. The van der Waals surface area contributed by atoms with Crippen molar-refractivity contribution in [2.45, 2.75) is 39.3 Å². The molecule has 0 N–H and O–H groups in total. The lowest BCUT2D eigenvalue weighted by molar-refractivity contribution is 0.154. The Morgan fingerprint density at radius 3 is 1.80 bits per heavy atom. The van der Waals surface area contributed by atoms with Gasteiger partial charge in [0, 0.05) is 52.4 Å². The van der Waals surface area contributed by atoms with Gasteiger partial charge in [0.1, 0.15) is 0 Å². The first kappa shape index (κ1) is 27.9. The summed E-state index contributed by atoms with van der Waals surface area (Å²) in [6, 6.07) is 9.10. The second kappa shape index (κ2) is 12.5. The van der Waals surface area contributed by atoms with E-state index in [4.69, 9.17) is 0 Å². The van der Waals surface area contributed by atoms with E-state index in [2.05, 4.69) is 105 Å². The number of hydrogen-bond acceptors (Lipinski definition) is 4. The zero-order valence-electron chi connectivity index (χ0n) is 23.2. The second-order valence-corrected chi connectivity index (χ2v) is 11.8. The summed E-state index contributed by atoms with van der Waals surface area (Å²) >= 11 is 0. The summed E-state index contributed by atoms with van der Waals surface area (Å²) in [6.07, 6.45) is 5.72. The van der Waals surface area contributed by atoms with Gasteiger partial charge in [-0.05, 0) is 75.8 Å². The van der Waals surface area contributed by atoms with E-state index in [1.807, 2.05) is 0 Å². The van der Waals surface area contributed by atoms with E-state index in [0.29, 0.717) is 11.8 Å². The molecule has 4 heteroatoms. The van der Waals surface area contributed by atoms with Crippen molar-refractivity contribution in [1.29, 1.82) is 0 Å². The molecule has 1 aromatic carbocycles. The van der Waals surface area contributed by atoms with Crippen molar-refractivity contribution < 1.29 is 0 Å². The Labute approximate surface area is 216 Å². The number of allylic oxidation sites excluding steroid dienone is 1. The van der Waals surface area contributed by atoms with E-state index in [1.54, 1.807) is 0 Å². The van der Waals surface area contributed by atoms with Gasteiger partial charge in [0.25, 0.3) is 0 Å². The molecular formula is C31H50N4. The lowest BCUT2D eigenvalue weighted by Gasteiger charge is -2.45. The Hall–Kier alpha value is -1.72. The molecule has 0 spiro atoms. The molecule has 35 heavy (non-hydrogen) atoms. The number of fused-ring (bicyclic) bond motifs is 4. The minimum atomic E-state index is 0.127. The third-order valence-corrected chi connectivity index (χ3v) is 8.45. The van der Waals surface area contributed by atoms with Crippen LogP contribution in [0, 0.1) is 17.3 Å². The van der Waals surface area contributed by atoms with Gasteiger partial charge in [-0.25, -0.2) is 0 Å². The first-order valence-corrected chi connectivity index (χ1v) is 13.4. The van der Waals surface area contributed by atoms with Gasteiger partial charge in [-0.15, -0.1) is 6.58 Å². The molecule has 0 amide bonds. The van der Waals surface area contributed by atoms with Crippen LogP contribution in [0.25, 0.3) is 0 Å². The maximum absolute atomic E-state index is 4.62. The molecule has 1 fully saturated rings. The van der Waals surface area contributed by atoms with Crippen molar-refractivity contribution in [3.63, 3.8) is 0 Å². The SMILES string of the molecule is C=C[C@]1(C)CC[C@@H]2C[C@H]1C(=C)CN(C)CCN(C)Cc1cccc(c1)CN(C)CCN(C)CC2=C. The largest absolute Gasteiger partial charge is 0.301 e. The van der Waals surface area contributed by atoms with Crippen LogP contribution >= 0.6 is 0 Å². The van der Waals surface area contributed by atoms with Gasteiger partial charge in [-0.3, -0.25) is 0 Å². The third-order valence-electron chi connectivity index (χ3n) is 8.45. The minimum Gasteiger partial charge on any atom is -0.301 e. The van der Waals surface area contributed by atoms with Crippen molar-refractivity contribution >= 4 is 0 Å². The van der Waals surface area contributed by atoms with Gasteiger partial charge in [-0.2, -0.15) is 0 Å². The smallest absolute Gasteiger partial charge is 0.0231 e. The minimum absolute atomic E-state index is 0.127. The van der Waals surface area contributed by atoms with Crippen molar-refractivity contribution in [2.24, 2.45) is 17.3 Å². The number of likely N-dealkylation sites (N-methyl/N-ethyl adjacent to an activating group) is 4. The Kier molecular flexibility index (Phi) is 9.94. The molecule has 1 heterocycles. The predicted octanol–water partition coefficient (Wildman–Crippen LogP) is 5.15. The standard InChI is InChI=1S/C31H50N4/c1-9-31(4)14-13-29-20-30(31)26(3)22-33(6)16-18-35(8)24-28-12-10-11-27(19-28)23-34(7)17-15-32(5)21-25(29)2/h9-12,19,29-30H,1-3,13-18,20-24H2,4-8H3/t29-,30+,31-/m1/s1. The van der Waals surface area contributed by atoms with Gasteiger partial charge in [-0.1, -0.05) is 61.6 Å². The molecule has 1 aromatic rings. The zero-order valence-corrected chi connectivity index (χ0v) is 23.2. The number of rotatable bonds is 1. The van der Waals surface area contributed by atoms with E-state index in [9.17, 15) is 0 Å².